The Morgan fingerprint density at radius 2 is 2.03 bits per heavy atom. The number of nitrogens with zero attached hydrogens (tertiary/aromatic N) is 2. The zero-order valence-corrected chi connectivity index (χ0v) is 16.6. The molecule has 1 aromatic carbocycles. The van der Waals surface area contributed by atoms with Crippen molar-refractivity contribution in [1.29, 1.82) is 0 Å². The third-order valence-corrected chi connectivity index (χ3v) is 5.23. The lowest BCUT2D eigenvalue weighted by atomic mass is 9.99. The number of aromatic nitrogens is 3. The van der Waals surface area contributed by atoms with E-state index in [4.69, 9.17) is 15.2 Å². The number of carbonyl (C=O) groups is 1. The van der Waals surface area contributed by atoms with Crippen LogP contribution in [0.2, 0.25) is 0 Å². The monoisotopic (exact) mass is 395 g/mol. The Hall–Kier alpha value is -2.97. The largest absolute Gasteiger partial charge is 0.476 e. The molecule has 0 unspecified atom stereocenters. The number of amides is 1. The Morgan fingerprint density at radius 1 is 1.28 bits per heavy atom. The number of benzene rings is 1. The van der Waals surface area contributed by atoms with E-state index in [1.807, 2.05) is 30.5 Å². The van der Waals surface area contributed by atoms with E-state index in [-0.39, 0.29) is 11.2 Å². The maximum atomic E-state index is 12.8. The van der Waals surface area contributed by atoms with E-state index >= 15 is 0 Å². The van der Waals surface area contributed by atoms with E-state index in [0.717, 1.165) is 29.4 Å². The van der Waals surface area contributed by atoms with Crippen LogP contribution in [0.5, 0.6) is 5.88 Å². The predicted octanol–water partition coefficient (Wildman–Crippen LogP) is 2.75. The van der Waals surface area contributed by atoms with Gasteiger partial charge in [-0.15, -0.1) is 0 Å². The van der Waals surface area contributed by atoms with Crippen molar-refractivity contribution in [3.05, 3.63) is 47.4 Å². The van der Waals surface area contributed by atoms with Crippen LogP contribution in [-0.2, 0) is 16.8 Å². The highest BCUT2D eigenvalue weighted by Gasteiger charge is 2.42. The number of aromatic amines is 1. The highest BCUT2D eigenvalue weighted by molar-refractivity contribution is 6.03. The third kappa shape index (κ3) is 3.94. The Morgan fingerprint density at radius 3 is 2.69 bits per heavy atom. The lowest BCUT2D eigenvalue weighted by Crippen LogP contribution is -2.18. The lowest BCUT2D eigenvalue weighted by Gasteiger charge is -2.12. The molecule has 152 valence electrons. The highest BCUT2D eigenvalue weighted by atomic mass is 16.5. The summed E-state index contributed by atoms with van der Waals surface area (Å²) in [5.74, 6) is 0.0306. The van der Waals surface area contributed by atoms with Crippen LogP contribution in [0.15, 0.2) is 30.5 Å². The molecule has 0 saturated heterocycles. The first-order valence-electron chi connectivity index (χ1n) is 9.66. The van der Waals surface area contributed by atoms with Crippen LogP contribution < -0.4 is 15.8 Å². The topological polar surface area (TPSA) is 115 Å². The first-order chi connectivity index (χ1) is 14.0. The van der Waals surface area contributed by atoms with Gasteiger partial charge in [0.2, 0.25) is 11.7 Å². The second-order valence-electron chi connectivity index (χ2n) is 7.56. The summed E-state index contributed by atoms with van der Waals surface area (Å²) in [4.78, 5) is 24.8. The molecule has 0 bridgehead atoms. The highest BCUT2D eigenvalue weighted by Crippen LogP contribution is 2.50. The molecule has 3 aromatic rings. The average Bonchev–Trinajstić information content (AvgIpc) is 3.31. The number of nitrogens with two attached hydrogens (primary N) is 1. The fourth-order valence-corrected chi connectivity index (χ4v) is 3.33. The first kappa shape index (κ1) is 19.4. The van der Waals surface area contributed by atoms with Gasteiger partial charge < -0.3 is 25.5 Å². The molecule has 8 nitrogen and oxygen atoms in total. The molecule has 29 heavy (non-hydrogen) atoms. The normalized spacial score (nSPS) is 14.7. The molecule has 1 amide bonds. The van der Waals surface area contributed by atoms with Gasteiger partial charge in [0, 0.05) is 25.5 Å². The van der Waals surface area contributed by atoms with E-state index in [2.05, 4.69) is 27.2 Å². The number of H-pyrrole nitrogens is 1. The molecule has 1 aliphatic carbocycles. The molecule has 0 atom stereocenters. The van der Waals surface area contributed by atoms with Gasteiger partial charge >= 0.3 is 0 Å². The van der Waals surface area contributed by atoms with Gasteiger partial charge in [0.05, 0.1) is 12.0 Å². The minimum Gasteiger partial charge on any atom is -0.476 e. The quantitative estimate of drug-likeness (QED) is 0.540. The van der Waals surface area contributed by atoms with Crippen molar-refractivity contribution in [2.75, 3.05) is 25.6 Å². The van der Waals surface area contributed by atoms with Crippen LogP contribution in [0.1, 0.15) is 41.5 Å². The molecular formula is C21H25N5O3. The number of fused-ring (bicyclic) bond motifs is 1. The number of hydrogen-bond acceptors (Lipinski definition) is 6. The van der Waals surface area contributed by atoms with Crippen LogP contribution in [-0.4, -0.2) is 41.1 Å². The summed E-state index contributed by atoms with van der Waals surface area (Å²) >= 11 is 0. The van der Waals surface area contributed by atoms with Crippen LogP contribution in [0.3, 0.4) is 0 Å². The number of ether oxygens (including phenoxy) is 2. The number of methoxy groups -OCH3 is 1. The second kappa shape index (κ2) is 7.81. The number of rotatable bonds is 8. The maximum absolute atomic E-state index is 12.8. The zero-order chi connectivity index (χ0) is 20.4. The van der Waals surface area contributed by atoms with Crippen molar-refractivity contribution in [2.45, 2.75) is 31.8 Å². The summed E-state index contributed by atoms with van der Waals surface area (Å²) in [7, 11) is 1.64. The molecule has 1 saturated carbocycles. The fraction of sp³-hybridized carbons (Fsp3) is 0.381. The van der Waals surface area contributed by atoms with Crippen molar-refractivity contribution in [3.63, 3.8) is 0 Å². The Balaban J connectivity index is 1.63. The Kier molecular flexibility index (Phi) is 5.21. The molecule has 4 rings (SSSR count). The molecular weight excluding hydrogens is 370 g/mol. The smallest absolute Gasteiger partial charge is 0.293 e. The summed E-state index contributed by atoms with van der Waals surface area (Å²) in [6, 6.07) is 7.42. The predicted molar refractivity (Wildman–Crippen MR) is 110 cm³/mol. The number of carbonyl (C=O) groups excluding carboxylic acids is 1. The maximum Gasteiger partial charge on any atom is 0.293 e. The molecule has 1 aliphatic rings. The zero-order valence-electron chi connectivity index (χ0n) is 16.6. The van der Waals surface area contributed by atoms with Crippen molar-refractivity contribution in [2.24, 2.45) is 5.73 Å². The van der Waals surface area contributed by atoms with Crippen LogP contribution >= 0.6 is 0 Å². The van der Waals surface area contributed by atoms with Crippen LogP contribution in [0.4, 0.5) is 5.69 Å². The summed E-state index contributed by atoms with van der Waals surface area (Å²) in [6.07, 6.45) is 4.16. The minimum absolute atomic E-state index is 0.0415. The van der Waals surface area contributed by atoms with Gasteiger partial charge in [-0.1, -0.05) is 19.1 Å². The SMILES string of the molecule is COCc1ccc(NC(=O)c2nc(OCCN)c3c(C4(C)CC4)c[nH]c3n2)cc1. The minimum atomic E-state index is -0.405. The molecule has 8 heteroatoms. The lowest BCUT2D eigenvalue weighted by molar-refractivity contribution is 0.101. The van der Waals surface area contributed by atoms with E-state index < -0.39 is 5.91 Å². The second-order valence-corrected chi connectivity index (χ2v) is 7.56. The van der Waals surface area contributed by atoms with E-state index in [0.29, 0.717) is 37.0 Å². The van der Waals surface area contributed by atoms with Gasteiger partial charge in [-0.3, -0.25) is 4.79 Å². The van der Waals surface area contributed by atoms with Crippen LogP contribution in [0.25, 0.3) is 11.0 Å². The Labute approximate surface area is 168 Å². The van der Waals surface area contributed by atoms with Gasteiger partial charge in [0.15, 0.2) is 0 Å². The van der Waals surface area contributed by atoms with Crippen molar-refractivity contribution >= 4 is 22.6 Å². The molecule has 0 aliphatic heterocycles. The number of hydrogen-bond donors (Lipinski definition) is 3. The molecule has 1 fully saturated rings. The molecule has 0 radical (unpaired) electrons. The average molecular weight is 395 g/mol. The summed E-state index contributed by atoms with van der Waals surface area (Å²) in [6.45, 7) is 3.40. The number of nitrogens with one attached hydrogen (secondary N) is 2. The van der Waals surface area contributed by atoms with Gasteiger partial charge in [-0.25, -0.2) is 4.98 Å². The van der Waals surface area contributed by atoms with E-state index in [9.17, 15) is 4.79 Å². The Bertz CT molecular complexity index is 1020. The number of anilines is 1. The van der Waals surface area contributed by atoms with Crippen LogP contribution in [0, 0.1) is 0 Å². The van der Waals surface area contributed by atoms with E-state index in [1.54, 1.807) is 7.11 Å². The van der Waals surface area contributed by atoms with Gasteiger partial charge in [-0.2, -0.15) is 4.98 Å². The summed E-state index contributed by atoms with van der Waals surface area (Å²) < 4.78 is 10.9. The third-order valence-electron chi connectivity index (χ3n) is 5.23. The standard InChI is InChI=1S/C21H25N5O3/c1-21(7-8-21)15-11-23-17-16(15)20(29-10-9-22)26-18(25-17)19(27)24-14-5-3-13(4-6-14)12-28-2/h3-6,11H,7-10,12,22H2,1-2H3,(H,24,27)(H,23,25,26). The van der Waals surface area contributed by atoms with Gasteiger partial charge in [-0.05, 0) is 41.5 Å². The molecule has 0 spiro atoms. The summed E-state index contributed by atoms with van der Waals surface area (Å²) in [5.41, 5.74) is 9.10. The first-order valence-corrected chi connectivity index (χ1v) is 9.66. The fourth-order valence-electron chi connectivity index (χ4n) is 3.33. The van der Waals surface area contributed by atoms with Crippen molar-refractivity contribution in [1.82, 2.24) is 15.0 Å². The van der Waals surface area contributed by atoms with E-state index in [1.165, 1.54) is 0 Å². The van der Waals surface area contributed by atoms with Gasteiger partial charge in [0.25, 0.3) is 5.91 Å². The van der Waals surface area contributed by atoms with Crippen molar-refractivity contribution < 1.29 is 14.3 Å². The van der Waals surface area contributed by atoms with Crippen molar-refractivity contribution in [3.8, 4) is 5.88 Å². The molecule has 4 N–H and O–H groups in total. The molecule has 2 heterocycles. The summed E-state index contributed by atoms with van der Waals surface area (Å²) in [5, 5.41) is 3.66. The molecule has 2 aromatic heterocycles. The van der Waals surface area contributed by atoms with Gasteiger partial charge in [0.1, 0.15) is 12.3 Å².